The van der Waals surface area contributed by atoms with Crippen LogP contribution in [-0.4, -0.2) is 24.6 Å². The molecule has 0 spiro atoms. The fourth-order valence-corrected chi connectivity index (χ4v) is 1.98. The number of ketones is 1. The molecule has 0 aliphatic rings. The predicted molar refractivity (Wildman–Crippen MR) is 85.6 cm³/mol. The Bertz CT molecular complexity index is 689. The van der Waals surface area contributed by atoms with E-state index in [2.05, 4.69) is 0 Å². The average Bonchev–Trinajstić information content (AvgIpc) is 2.55. The molecule has 2 aromatic rings. The quantitative estimate of drug-likeness (QED) is 0.652. The van der Waals surface area contributed by atoms with Gasteiger partial charge in [0.2, 0.25) is 0 Å². The van der Waals surface area contributed by atoms with E-state index in [1.165, 1.54) is 6.08 Å². The molecule has 0 radical (unpaired) electrons. The van der Waals surface area contributed by atoms with Crippen molar-refractivity contribution in [1.29, 1.82) is 0 Å². The number of hydrogen-bond donors (Lipinski definition) is 1. The van der Waals surface area contributed by atoms with Crippen LogP contribution in [0.4, 0.5) is 0 Å². The number of hydrogen-bond acceptors (Lipinski definition) is 4. The summed E-state index contributed by atoms with van der Waals surface area (Å²) < 4.78 is 10.4. The highest BCUT2D eigenvalue weighted by Gasteiger charge is 2.07. The van der Waals surface area contributed by atoms with E-state index < -0.39 is 0 Å². The lowest BCUT2D eigenvalue weighted by molar-refractivity contribution is 0.104. The summed E-state index contributed by atoms with van der Waals surface area (Å²) in [5, 5.41) is 10.1. The van der Waals surface area contributed by atoms with Crippen molar-refractivity contribution in [3.8, 4) is 17.2 Å². The number of carbonyl (C=O) groups is 1. The molecule has 0 aliphatic carbocycles. The smallest absolute Gasteiger partial charge is 0.185 e. The van der Waals surface area contributed by atoms with Crippen molar-refractivity contribution in [1.82, 2.24) is 0 Å². The summed E-state index contributed by atoms with van der Waals surface area (Å²) >= 11 is 0. The monoisotopic (exact) mass is 298 g/mol. The third-order valence-electron chi connectivity index (χ3n) is 3.10. The maximum absolute atomic E-state index is 12.2. The zero-order valence-corrected chi connectivity index (χ0v) is 12.6. The first-order valence-corrected chi connectivity index (χ1v) is 6.97. The van der Waals surface area contributed by atoms with Gasteiger partial charge in [0.25, 0.3) is 0 Å². The van der Waals surface area contributed by atoms with Crippen molar-refractivity contribution in [3.05, 3.63) is 59.7 Å². The molecule has 0 saturated carbocycles. The van der Waals surface area contributed by atoms with Gasteiger partial charge in [0.1, 0.15) is 5.75 Å². The summed E-state index contributed by atoms with van der Waals surface area (Å²) in [6.07, 6.45) is 2.99. The number of aromatic hydroxyl groups is 1. The SMILES string of the molecule is CCOc1cccc(/C=C/C(=O)c2cccc(OC)c2)c1O. The van der Waals surface area contributed by atoms with E-state index in [4.69, 9.17) is 9.47 Å². The van der Waals surface area contributed by atoms with E-state index in [1.54, 1.807) is 55.7 Å². The molecular weight excluding hydrogens is 280 g/mol. The molecule has 0 saturated heterocycles. The lowest BCUT2D eigenvalue weighted by Gasteiger charge is -2.07. The Kier molecular flexibility index (Phi) is 5.20. The standard InChI is InChI=1S/C18H18O4/c1-3-22-17-9-5-6-13(18(17)20)10-11-16(19)14-7-4-8-15(12-14)21-2/h4-12,20H,3H2,1-2H3/b11-10+. The van der Waals surface area contributed by atoms with Gasteiger partial charge < -0.3 is 14.6 Å². The van der Waals surface area contributed by atoms with Crippen molar-refractivity contribution in [2.75, 3.05) is 13.7 Å². The van der Waals surface area contributed by atoms with E-state index in [0.717, 1.165) is 0 Å². The Morgan fingerprint density at radius 2 is 2.00 bits per heavy atom. The Morgan fingerprint density at radius 1 is 1.23 bits per heavy atom. The van der Waals surface area contributed by atoms with E-state index >= 15 is 0 Å². The largest absolute Gasteiger partial charge is 0.504 e. The molecule has 2 aromatic carbocycles. The highest BCUT2D eigenvalue weighted by Crippen LogP contribution is 2.30. The Labute approximate surface area is 129 Å². The van der Waals surface area contributed by atoms with Crippen LogP contribution >= 0.6 is 0 Å². The van der Waals surface area contributed by atoms with Gasteiger partial charge in [-0.2, -0.15) is 0 Å². The molecule has 0 atom stereocenters. The Balaban J connectivity index is 2.21. The number of para-hydroxylation sites is 1. The average molecular weight is 298 g/mol. The van der Waals surface area contributed by atoms with Crippen LogP contribution in [0.25, 0.3) is 6.08 Å². The van der Waals surface area contributed by atoms with Crippen LogP contribution in [0.1, 0.15) is 22.8 Å². The lowest BCUT2D eigenvalue weighted by atomic mass is 10.1. The fraction of sp³-hybridized carbons (Fsp3) is 0.167. The predicted octanol–water partition coefficient (Wildman–Crippen LogP) is 3.70. The first-order chi connectivity index (χ1) is 10.7. The molecule has 0 fully saturated rings. The van der Waals surface area contributed by atoms with Crippen LogP contribution < -0.4 is 9.47 Å². The number of rotatable bonds is 6. The normalized spacial score (nSPS) is 10.6. The highest BCUT2D eigenvalue weighted by atomic mass is 16.5. The van der Waals surface area contributed by atoms with Gasteiger partial charge in [-0.1, -0.05) is 24.3 Å². The number of allylic oxidation sites excluding steroid dienone is 1. The molecular formula is C18H18O4. The summed E-state index contributed by atoms with van der Waals surface area (Å²) in [6.45, 7) is 2.30. The third kappa shape index (κ3) is 3.67. The number of ether oxygens (including phenoxy) is 2. The van der Waals surface area contributed by atoms with Gasteiger partial charge in [-0.15, -0.1) is 0 Å². The van der Waals surface area contributed by atoms with Crippen LogP contribution in [-0.2, 0) is 0 Å². The Hall–Kier alpha value is -2.75. The van der Waals surface area contributed by atoms with Crippen LogP contribution in [0.5, 0.6) is 17.2 Å². The molecule has 0 aromatic heterocycles. The summed E-state index contributed by atoms with van der Waals surface area (Å²) in [5.74, 6) is 0.887. The van der Waals surface area contributed by atoms with Crippen LogP contribution in [0, 0.1) is 0 Å². The second-order valence-electron chi connectivity index (χ2n) is 4.56. The van der Waals surface area contributed by atoms with Gasteiger partial charge in [0.15, 0.2) is 17.3 Å². The zero-order valence-electron chi connectivity index (χ0n) is 12.6. The molecule has 0 bridgehead atoms. The van der Waals surface area contributed by atoms with Gasteiger partial charge in [0, 0.05) is 11.1 Å². The molecule has 1 N–H and O–H groups in total. The van der Waals surface area contributed by atoms with E-state index in [-0.39, 0.29) is 11.5 Å². The van der Waals surface area contributed by atoms with E-state index in [0.29, 0.717) is 29.2 Å². The van der Waals surface area contributed by atoms with Gasteiger partial charge in [0.05, 0.1) is 13.7 Å². The van der Waals surface area contributed by atoms with Gasteiger partial charge >= 0.3 is 0 Å². The molecule has 0 heterocycles. The van der Waals surface area contributed by atoms with Gasteiger partial charge in [-0.3, -0.25) is 4.79 Å². The Morgan fingerprint density at radius 3 is 2.73 bits per heavy atom. The second kappa shape index (κ2) is 7.31. The minimum absolute atomic E-state index is 0.0269. The van der Waals surface area contributed by atoms with Crippen molar-refractivity contribution >= 4 is 11.9 Å². The van der Waals surface area contributed by atoms with Crippen molar-refractivity contribution in [3.63, 3.8) is 0 Å². The molecule has 0 amide bonds. The van der Waals surface area contributed by atoms with E-state index in [1.807, 2.05) is 6.92 Å². The summed E-state index contributed by atoms with van der Waals surface area (Å²) in [7, 11) is 1.55. The zero-order chi connectivity index (χ0) is 15.9. The number of carbonyl (C=O) groups excluding carboxylic acids is 1. The first-order valence-electron chi connectivity index (χ1n) is 6.97. The molecule has 22 heavy (non-hydrogen) atoms. The summed E-state index contributed by atoms with van der Waals surface area (Å²) in [6, 6.07) is 12.1. The molecule has 4 nitrogen and oxygen atoms in total. The van der Waals surface area contributed by atoms with Crippen LogP contribution in [0.15, 0.2) is 48.5 Å². The number of benzene rings is 2. The maximum Gasteiger partial charge on any atom is 0.185 e. The summed E-state index contributed by atoms with van der Waals surface area (Å²) in [5.41, 5.74) is 1.05. The van der Waals surface area contributed by atoms with Gasteiger partial charge in [-0.25, -0.2) is 0 Å². The van der Waals surface area contributed by atoms with E-state index in [9.17, 15) is 9.90 Å². The minimum Gasteiger partial charge on any atom is -0.504 e. The van der Waals surface area contributed by atoms with Crippen molar-refractivity contribution in [2.45, 2.75) is 6.92 Å². The number of phenols is 1. The topological polar surface area (TPSA) is 55.8 Å². The molecule has 0 aliphatic heterocycles. The minimum atomic E-state index is -0.167. The third-order valence-corrected chi connectivity index (χ3v) is 3.10. The number of phenolic OH excluding ortho intramolecular Hbond substituents is 1. The first kappa shape index (κ1) is 15.6. The highest BCUT2D eigenvalue weighted by molar-refractivity contribution is 6.07. The van der Waals surface area contributed by atoms with Crippen molar-refractivity contribution in [2.24, 2.45) is 0 Å². The number of methoxy groups -OCH3 is 1. The van der Waals surface area contributed by atoms with Crippen molar-refractivity contribution < 1.29 is 19.4 Å². The molecule has 2 rings (SSSR count). The second-order valence-corrected chi connectivity index (χ2v) is 4.56. The van der Waals surface area contributed by atoms with Crippen LogP contribution in [0.3, 0.4) is 0 Å². The molecule has 0 unspecified atom stereocenters. The fourth-order valence-electron chi connectivity index (χ4n) is 1.98. The maximum atomic E-state index is 12.2. The van der Waals surface area contributed by atoms with Crippen LogP contribution in [0.2, 0.25) is 0 Å². The summed E-state index contributed by atoms with van der Waals surface area (Å²) in [4.78, 5) is 12.2. The lowest BCUT2D eigenvalue weighted by Crippen LogP contribution is -1.95. The molecule has 114 valence electrons. The van der Waals surface area contributed by atoms with Gasteiger partial charge in [-0.05, 0) is 37.3 Å². The molecule has 4 heteroatoms.